The number of anilines is 1. The Hall–Kier alpha value is -5.61. The van der Waals surface area contributed by atoms with Gasteiger partial charge in [-0.2, -0.15) is 0 Å². The van der Waals surface area contributed by atoms with E-state index in [4.69, 9.17) is 22.4 Å². The van der Waals surface area contributed by atoms with Gasteiger partial charge in [0.25, 0.3) is 11.7 Å². The number of carboxylic acid groups (broad SMARTS) is 2. The van der Waals surface area contributed by atoms with Crippen molar-refractivity contribution in [2.45, 2.75) is 16.3 Å². The minimum atomic E-state index is -2.09. The van der Waals surface area contributed by atoms with Gasteiger partial charge < -0.3 is 41.2 Å². The molecule has 3 fully saturated rings. The van der Waals surface area contributed by atoms with Gasteiger partial charge in [-0.15, -0.1) is 11.3 Å². The van der Waals surface area contributed by atoms with Crippen molar-refractivity contribution in [1.82, 2.24) is 30.5 Å². The van der Waals surface area contributed by atoms with Gasteiger partial charge in [0.15, 0.2) is 22.3 Å². The van der Waals surface area contributed by atoms with Gasteiger partial charge in [-0.05, 0) is 18.7 Å². The Morgan fingerprint density at radius 1 is 1.15 bits per heavy atom. The number of β-lactam (4-membered cyclic amide) rings is 1. The number of halogens is 1. The van der Waals surface area contributed by atoms with Crippen LogP contribution < -0.4 is 16.5 Å². The summed E-state index contributed by atoms with van der Waals surface area (Å²) in [4.78, 5) is 97.1. The Morgan fingerprint density at radius 3 is 2.48 bits per heavy atom. The Balaban J connectivity index is 1.30. The summed E-state index contributed by atoms with van der Waals surface area (Å²) in [6, 6.07) is -0.465. The maximum atomic E-state index is 13.3. The van der Waals surface area contributed by atoms with Crippen molar-refractivity contribution < 1.29 is 58.8 Å². The zero-order chi connectivity index (χ0) is 35.2. The topological polar surface area (TPSA) is 295 Å². The number of hydrogen-bond donors (Lipinski definition) is 7. The lowest BCUT2D eigenvalue weighted by Gasteiger charge is -2.41. The molecule has 2 aromatic rings. The van der Waals surface area contributed by atoms with E-state index in [0.29, 0.717) is 16.8 Å². The first-order chi connectivity index (χ1) is 22.6. The average molecular weight is 725 g/mol. The number of nitrogens with zero attached hydrogens (tertiary/aromatic N) is 5. The number of fused-ring (bicyclic) bond motifs is 1. The molecule has 3 saturated heterocycles. The van der Waals surface area contributed by atoms with Crippen LogP contribution in [0.5, 0.6) is 11.5 Å². The van der Waals surface area contributed by atoms with Crippen LogP contribution in [0.4, 0.5) is 9.93 Å². The number of hydrogen-bond acceptors (Lipinski definition) is 15. The van der Waals surface area contributed by atoms with E-state index in [1.54, 1.807) is 0 Å². The van der Waals surface area contributed by atoms with Crippen LogP contribution >= 0.6 is 34.7 Å². The number of carboxylic acids is 2. The summed E-state index contributed by atoms with van der Waals surface area (Å²) in [6.45, 7) is 2.07. The lowest BCUT2D eigenvalue weighted by Crippen LogP contribution is -2.68. The second-order valence-corrected chi connectivity index (χ2v) is 12.7. The Kier molecular flexibility index (Phi) is 8.81. The zero-order valence-electron chi connectivity index (χ0n) is 23.8. The second-order valence-electron chi connectivity index (χ2n) is 10.00. The van der Waals surface area contributed by atoms with Crippen LogP contribution in [0.2, 0.25) is 5.02 Å². The summed E-state index contributed by atoms with van der Waals surface area (Å²) in [6.07, 6.45) is 0. The van der Waals surface area contributed by atoms with E-state index >= 15 is 0 Å². The van der Waals surface area contributed by atoms with E-state index in [0.717, 1.165) is 33.3 Å². The first kappa shape index (κ1) is 33.7. The summed E-state index contributed by atoms with van der Waals surface area (Å²) in [5, 5.41) is 44.9. The minimum absolute atomic E-state index is 0.0272. The number of amides is 5. The third kappa shape index (κ3) is 5.75. The van der Waals surface area contributed by atoms with E-state index in [2.05, 4.69) is 32.3 Å². The molecular weight excluding hydrogens is 704 g/mol. The Bertz CT molecular complexity index is 1850. The number of nitrogen functional groups attached to an aromatic ring is 1. The third-order valence-corrected chi connectivity index (χ3v) is 9.89. The summed E-state index contributed by atoms with van der Waals surface area (Å²) in [5.74, 6) is -9.83. The molecule has 48 heavy (non-hydrogen) atoms. The number of hydrazine groups is 1. The number of aromatic nitrogens is 1. The number of ketones is 1. The van der Waals surface area contributed by atoms with Crippen molar-refractivity contribution in [3.63, 3.8) is 0 Å². The van der Waals surface area contributed by atoms with Crippen molar-refractivity contribution in [3.05, 3.63) is 46.1 Å². The molecule has 3 aliphatic heterocycles. The van der Waals surface area contributed by atoms with Gasteiger partial charge in [0.1, 0.15) is 17.1 Å². The number of aromatic hydroxyl groups is 2. The molecule has 5 rings (SSSR count). The van der Waals surface area contributed by atoms with Gasteiger partial charge in [0.05, 0.1) is 23.7 Å². The molecule has 8 N–H and O–H groups in total. The van der Waals surface area contributed by atoms with Crippen LogP contribution in [0.25, 0.3) is 0 Å². The molecular formula is C25H21ClN8O12S2. The number of phenols is 2. The van der Waals surface area contributed by atoms with Crippen LogP contribution in [0, 0.1) is 0 Å². The molecule has 0 aliphatic carbocycles. The number of benzene rings is 1. The average Bonchev–Trinajstić information content (AvgIpc) is 3.74. The van der Waals surface area contributed by atoms with Crippen LogP contribution in [0.1, 0.15) is 16.1 Å². The maximum Gasteiger partial charge on any atom is 0.374 e. The highest BCUT2D eigenvalue weighted by atomic mass is 35.5. The van der Waals surface area contributed by atoms with Crippen LogP contribution in [-0.2, 0) is 28.8 Å². The van der Waals surface area contributed by atoms with Gasteiger partial charge in [-0.1, -0.05) is 28.5 Å². The molecule has 3 atom stereocenters. The summed E-state index contributed by atoms with van der Waals surface area (Å²) < 4.78 is 0. The number of nitrogens with one attached hydrogen (secondary N) is 2. The van der Waals surface area contributed by atoms with Crippen molar-refractivity contribution >= 4 is 87.0 Å². The van der Waals surface area contributed by atoms with Gasteiger partial charge in [0.2, 0.25) is 16.5 Å². The van der Waals surface area contributed by atoms with Crippen molar-refractivity contribution in [2.75, 3.05) is 25.4 Å². The van der Waals surface area contributed by atoms with Crippen molar-refractivity contribution in [3.8, 4) is 11.5 Å². The number of urea groups is 1. The first-order valence-electron chi connectivity index (χ1n) is 13.1. The van der Waals surface area contributed by atoms with Gasteiger partial charge in [0, 0.05) is 11.9 Å². The number of rotatable bonds is 11. The zero-order valence-corrected chi connectivity index (χ0v) is 26.2. The molecule has 23 heteroatoms. The monoisotopic (exact) mass is 724 g/mol. The summed E-state index contributed by atoms with van der Waals surface area (Å²) in [7, 11) is 0. The second kappa shape index (κ2) is 12.5. The van der Waals surface area contributed by atoms with Crippen molar-refractivity contribution in [1.29, 1.82) is 0 Å². The number of thiazole rings is 1. The number of nitrogens with two attached hydrogens (primary N) is 1. The molecule has 0 saturated carbocycles. The molecule has 4 heterocycles. The van der Waals surface area contributed by atoms with Crippen LogP contribution in [-0.4, -0.2) is 123 Å². The number of Topliss-reactive ketones (excluding diaryl/α,β-unsaturated/α-hetero) is 1. The fraction of sp³-hybridized carbons (Fsp3) is 0.240. The number of aliphatic carboxylic acids is 2. The van der Waals surface area contributed by atoms with Gasteiger partial charge in [-0.25, -0.2) is 24.4 Å². The van der Waals surface area contributed by atoms with E-state index < -0.39 is 97.9 Å². The quantitative estimate of drug-likeness (QED) is 0.0212. The highest BCUT2D eigenvalue weighted by Crippen LogP contribution is 2.49. The smallest absolute Gasteiger partial charge is 0.374 e. The summed E-state index contributed by atoms with van der Waals surface area (Å²) >= 11 is 7.43. The molecule has 0 unspecified atom stereocenters. The molecule has 5 amide bonds. The maximum absolute atomic E-state index is 13.3. The Labute approximate surface area is 280 Å². The molecule has 0 radical (unpaired) electrons. The van der Waals surface area contributed by atoms with Gasteiger partial charge in [-0.3, -0.25) is 29.5 Å². The number of carbonyl (C=O) groups excluding carboxylic acids is 5. The standard InChI is InChI=1S/C25H21ClN8O12S2/c1-8(21(41)42)46-31-13(10-6-47-23(27)28-10)17(38)29-14-19(40)32-7-25(22(43)44,48-20(14)32)33-4-5-34(24(33)45)30-18(39)15(36)9-2-3-11(35)16(37)12(9)26/h2-3,6,14,20,35,37H,1,4-5,7H2,(H2,27,28)(H,29,38)(H,30,39)(H,41,42)(H,43,44)/b31-13-/t14-,20-,25-/m1/s1. The molecule has 252 valence electrons. The molecule has 3 aliphatic rings. The van der Waals surface area contributed by atoms with Crippen LogP contribution in [0.3, 0.4) is 0 Å². The lowest BCUT2D eigenvalue weighted by atomic mass is 10.1. The fourth-order valence-corrected chi connectivity index (χ4v) is 7.19. The third-order valence-electron chi connectivity index (χ3n) is 7.16. The highest BCUT2D eigenvalue weighted by molar-refractivity contribution is 8.02. The SMILES string of the molecule is C=C(O/N=C(\C(=O)N[C@@H]1C(=O)N2C[C@@](C(=O)O)(N3CCN(NC(=O)C(=O)c4ccc(O)c(O)c4Cl)C3=O)S[C@H]12)c1csc(N)n1)C(=O)O. The van der Waals surface area contributed by atoms with Gasteiger partial charge >= 0.3 is 23.9 Å². The van der Waals surface area contributed by atoms with E-state index in [9.17, 15) is 48.9 Å². The number of thioether (sulfide) groups is 1. The predicted molar refractivity (Wildman–Crippen MR) is 162 cm³/mol. The number of phenolic OH excluding ortho intramolecular Hbond substituents is 2. The highest BCUT2D eigenvalue weighted by Gasteiger charge is 2.66. The molecule has 0 spiro atoms. The van der Waals surface area contributed by atoms with Crippen molar-refractivity contribution in [2.24, 2.45) is 5.16 Å². The molecule has 0 bridgehead atoms. The normalized spacial score (nSPS) is 21.8. The van der Waals surface area contributed by atoms with E-state index in [1.807, 2.05) is 0 Å². The molecule has 20 nitrogen and oxygen atoms in total. The molecule has 1 aromatic heterocycles. The predicted octanol–water partition coefficient (Wildman–Crippen LogP) is -1.06. The Morgan fingerprint density at radius 2 is 1.85 bits per heavy atom. The number of carbonyl (C=O) groups is 7. The van der Waals surface area contributed by atoms with E-state index in [-0.39, 0.29) is 23.9 Å². The molecule has 1 aromatic carbocycles. The van der Waals surface area contributed by atoms with Crippen LogP contribution in [0.15, 0.2) is 35.0 Å². The largest absolute Gasteiger partial charge is 0.504 e. The first-order valence-corrected chi connectivity index (χ1v) is 15.3. The lowest BCUT2D eigenvalue weighted by molar-refractivity contribution is -0.151. The summed E-state index contributed by atoms with van der Waals surface area (Å²) in [5.41, 5.74) is 6.52. The minimum Gasteiger partial charge on any atom is -0.504 e. The fourth-order valence-electron chi connectivity index (χ4n) is 4.76. The number of oxime groups is 1. The van der Waals surface area contributed by atoms with E-state index in [1.165, 1.54) is 5.38 Å².